The van der Waals surface area contributed by atoms with Crippen LogP contribution in [0.5, 0.6) is 0 Å². The average molecular weight is 371 g/mol. The number of hydrogen-bond donors (Lipinski definition) is 3. The molecule has 25 heavy (non-hydrogen) atoms. The topological polar surface area (TPSA) is 108 Å². The molecule has 0 bridgehead atoms. The Hall–Kier alpha value is -1.52. The lowest BCUT2D eigenvalue weighted by Gasteiger charge is -2.32. The average Bonchev–Trinajstić information content (AvgIpc) is 2.61. The summed E-state index contributed by atoms with van der Waals surface area (Å²) in [5, 5.41) is 11.9. The first-order valence-corrected chi connectivity index (χ1v) is 9.73. The summed E-state index contributed by atoms with van der Waals surface area (Å²) >= 11 is 0. The van der Waals surface area contributed by atoms with E-state index in [1.54, 1.807) is 17.0 Å². The molecule has 3 N–H and O–H groups in total. The normalized spacial score (nSPS) is 18.3. The minimum atomic E-state index is -3.72. The quantitative estimate of drug-likeness (QED) is 0.527. The molecule has 1 aliphatic rings. The predicted octanol–water partition coefficient (Wildman–Crippen LogP) is -0.592. The first-order chi connectivity index (χ1) is 11.9. The largest absolute Gasteiger partial charge is 0.394 e. The second-order valence-corrected chi connectivity index (χ2v) is 7.63. The highest BCUT2D eigenvalue weighted by Crippen LogP contribution is 2.14. The highest BCUT2D eigenvalue weighted by molar-refractivity contribution is 7.89. The monoisotopic (exact) mass is 371 g/mol. The van der Waals surface area contributed by atoms with Crippen molar-refractivity contribution in [2.24, 2.45) is 0 Å². The highest BCUT2D eigenvalue weighted by Gasteiger charge is 2.23. The molecule has 1 aromatic carbocycles. The van der Waals surface area contributed by atoms with E-state index in [1.165, 1.54) is 12.1 Å². The molecule has 1 heterocycles. The predicted molar refractivity (Wildman–Crippen MR) is 92.9 cm³/mol. The molecule has 1 aliphatic heterocycles. The Morgan fingerprint density at radius 2 is 2.24 bits per heavy atom. The van der Waals surface area contributed by atoms with Gasteiger partial charge in [-0.2, -0.15) is 0 Å². The summed E-state index contributed by atoms with van der Waals surface area (Å²) in [5.41, 5.74) is 0.355. The maximum Gasteiger partial charge on any atom is 0.253 e. The van der Waals surface area contributed by atoms with E-state index in [2.05, 4.69) is 10.0 Å². The third kappa shape index (κ3) is 5.75. The van der Waals surface area contributed by atoms with Crippen LogP contribution in [0.25, 0.3) is 0 Å². The molecule has 0 unspecified atom stereocenters. The van der Waals surface area contributed by atoms with Crippen molar-refractivity contribution in [3.05, 3.63) is 29.8 Å². The fraction of sp³-hybridized carbons (Fsp3) is 0.562. The summed E-state index contributed by atoms with van der Waals surface area (Å²) in [6, 6.07) is 6.25. The van der Waals surface area contributed by atoms with E-state index < -0.39 is 10.0 Å². The van der Waals surface area contributed by atoms with Crippen LogP contribution in [-0.2, 0) is 14.8 Å². The van der Waals surface area contributed by atoms with E-state index in [4.69, 9.17) is 9.84 Å². The second kappa shape index (κ2) is 9.25. The zero-order valence-electron chi connectivity index (χ0n) is 14.3. The molecule has 1 fully saturated rings. The summed E-state index contributed by atoms with van der Waals surface area (Å²) in [5.74, 6) is -0.170. The molecule has 0 saturated carbocycles. The van der Waals surface area contributed by atoms with Gasteiger partial charge in [-0.3, -0.25) is 4.79 Å². The van der Waals surface area contributed by atoms with Gasteiger partial charge in [-0.1, -0.05) is 6.07 Å². The molecule has 0 radical (unpaired) electrons. The van der Waals surface area contributed by atoms with Crippen molar-refractivity contribution < 1.29 is 23.1 Å². The van der Waals surface area contributed by atoms with Crippen molar-refractivity contribution in [1.82, 2.24) is 14.9 Å². The number of carbonyl (C=O) groups is 1. The van der Waals surface area contributed by atoms with Crippen molar-refractivity contribution >= 4 is 15.9 Å². The Kier molecular flexibility index (Phi) is 7.33. The molecule has 140 valence electrons. The number of carbonyl (C=O) groups excluding carboxylic acids is 1. The van der Waals surface area contributed by atoms with Gasteiger partial charge in [-0.05, 0) is 25.1 Å². The highest BCUT2D eigenvalue weighted by atomic mass is 32.2. The summed E-state index contributed by atoms with van der Waals surface area (Å²) in [7, 11) is -3.72. The SMILES string of the molecule is C[C@@H]1CN(C(=O)c2cccc(S(=O)(=O)NCCOCCO)c2)CCN1. The molecule has 0 spiro atoms. The Bertz CT molecular complexity index is 680. The van der Waals surface area contributed by atoms with Crippen LogP contribution >= 0.6 is 0 Å². The van der Waals surface area contributed by atoms with E-state index in [0.717, 1.165) is 6.54 Å². The Labute approximate surface area is 148 Å². The van der Waals surface area contributed by atoms with Crippen LogP contribution in [0, 0.1) is 0 Å². The summed E-state index contributed by atoms with van der Waals surface area (Å²) < 4.78 is 32.1. The number of sulfonamides is 1. The zero-order chi connectivity index (χ0) is 18.3. The molecule has 1 atom stereocenters. The number of aliphatic hydroxyl groups is 1. The number of rotatable bonds is 8. The van der Waals surface area contributed by atoms with Gasteiger partial charge >= 0.3 is 0 Å². The van der Waals surface area contributed by atoms with Crippen molar-refractivity contribution in [1.29, 1.82) is 0 Å². The number of hydrogen-bond acceptors (Lipinski definition) is 6. The lowest BCUT2D eigenvalue weighted by molar-refractivity contribution is 0.0709. The van der Waals surface area contributed by atoms with Gasteiger partial charge in [0.2, 0.25) is 10.0 Å². The molecule has 9 heteroatoms. The fourth-order valence-electron chi connectivity index (χ4n) is 2.59. The minimum Gasteiger partial charge on any atom is -0.394 e. The number of amides is 1. The van der Waals surface area contributed by atoms with Gasteiger partial charge in [-0.15, -0.1) is 0 Å². The summed E-state index contributed by atoms with van der Waals surface area (Å²) in [6.07, 6.45) is 0. The Morgan fingerprint density at radius 3 is 2.96 bits per heavy atom. The smallest absolute Gasteiger partial charge is 0.253 e. The maximum atomic E-state index is 12.6. The van der Waals surface area contributed by atoms with Gasteiger partial charge in [-0.25, -0.2) is 13.1 Å². The molecule has 2 rings (SSSR count). The van der Waals surface area contributed by atoms with Gasteiger partial charge in [0.15, 0.2) is 0 Å². The lowest BCUT2D eigenvalue weighted by Crippen LogP contribution is -2.51. The van der Waals surface area contributed by atoms with Crippen LogP contribution in [0.2, 0.25) is 0 Å². The van der Waals surface area contributed by atoms with E-state index in [-0.39, 0.29) is 43.2 Å². The van der Waals surface area contributed by atoms with Crippen LogP contribution in [-0.4, -0.2) is 76.4 Å². The van der Waals surface area contributed by atoms with Crippen molar-refractivity contribution in [2.75, 3.05) is 46.0 Å². The van der Waals surface area contributed by atoms with Crippen molar-refractivity contribution in [3.8, 4) is 0 Å². The van der Waals surface area contributed by atoms with Gasteiger partial charge in [0.25, 0.3) is 5.91 Å². The third-order valence-electron chi connectivity index (χ3n) is 3.82. The summed E-state index contributed by atoms with van der Waals surface area (Å²) in [4.78, 5) is 14.4. The molecule has 0 aromatic heterocycles. The zero-order valence-corrected chi connectivity index (χ0v) is 15.1. The van der Waals surface area contributed by atoms with Gasteiger partial charge in [0, 0.05) is 37.8 Å². The standard InChI is InChI=1S/C16H25N3O5S/c1-13-12-19(7-5-17-13)16(21)14-3-2-4-15(11-14)25(22,23)18-6-9-24-10-8-20/h2-4,11,13,17-18,20H,5-10,12H2,1H3/t13-/m1/s1. The number of nitrogens with one attached hydrogen (secondary N) is 2. The van der Waals surface area contributed by atoms with E-state index in [0.29, 0.717) is 18.7 Å². The number of aliphatic hydroxyl groups excluding tert-OH is 1. The van der Waals surface area contributed by atoms with Gasteiger partial charge in [0.05, 0.1) is 24.7 Å². The van der Waals surface area contributed by atoms with Crippen LogP contribution in [0.1, 0.15) is 17.3 Å². The van der Waals surface area contributed by atoms with E-state index >= 15 is 0 Å². The number of piperazine rings is 1. The first kappa shape index (κ1) is 19.8. The molecule has 1 saturated heterocycles. The molecular formula is C16H25N3O5S. The Morgan fingerprint density at radius 1 is 1.44 bits per heavy atom. The number of benzene rings is 1. The fourth-order valence-corrected chi connectivity index (χ4v) is 3.65. The van der Waals surface area contributed by atoms with Crippen molar-refractivity contribution in [2.45, 2.75) is 17.9 Å². The van der Waals surface area contributed by atoms with Crippen molar-refractivity contribution in [3.63, 3.8) is 0 Å². The summed E-state index contributed by atoms with van der Waals surface area (Å²) in [6.45, 7) is 4.23. The van der Waals surface area contributed by atoms with Gasteiger partial charge in [0.1, 0.15) is 0 Å². The number of nitrogens with zero attached hydrogens (tertiary/aromatic N) is 1. The van der Waals surface area contributed by atoms with Crippen LogP contribution in [0.15, 0.2) is 29.2 Å². The third-order valence-corrected chi connectivity index (χ3v) is 5.28. The molecule has 0 aliphatic carbocycles. The molecule has 1 amide bonds. The van der Waals surface area contributed by atoms with E-state index in [9.17, 15) is 13.2 Å². The van der Waals surface area contributed by atoms with Crippen LogP contribution < -0.4 is 10.0 Å². The Balaban J connectivity index is 2.03. The lowest BCUT2D eigenvalue weighted by atomic mass is 10.1. The van der Waals surface area contributed by atoms with Gasteiger partial charge < -0.3 is 20.1 Å². The van der Waals surface area contributed by atoms with Crippen LogP contribution in [0.4, 0.5) is 0 Å². The maximum absolute atomic E-state index is 12.6. The van der Waals surface area contributed by atoms with E-state index in [1.807, 2.05) is 6.92 Å². The minimum absolute atomic E-state index is 0.0451. The number of ether oxygens (including phenoxy) is 1. The first-order valence-electron chi connectivity index (χ1n) is 8.25. The molecule has 8 nitrogen and oxygen atoms in total. The molecule has 1 aromatic rings. The second-order valence-electron chi connectivity index (χ2n) is 5.87. The van der Waals surface area contributed by atoms with Crippen LogP contribution in [0.3, 0.4) is 0 Å². The molecular weight excluding hydrogens is 346 g/mol.